The van der Waals surface area contributed by atoms with E-state index in [-0.39, 0.29) is 18.2 Å². The molecule has 1 heterocycles. The molecule has 1 fully saturated rings. The summed E-state index contributed by atoms with van der Waals surface area (Å²) in [5.74, 6) is -0.455. The zero-order valence-corrected chi connectivity index (χ0v) is 17.6. The lowest BCUT2D eigenvalue weighted by atomic mass is 10.0. The largest absolute Gasteiger partial charge is 0.834 e. The predicted molar refractivity (Wildman–Crippen MR) is 117 cm³/mol. The van der Waals surface area contributed by atoms with E-state index in [2.05, 4.69) is 0 Å². The zero-order chi connectivity index (χ0) is 21.8. The number of carbonyl (C=O) groups excluding carboxylic acids is 2. The molecular formula is C25H22ClN2O3-. The molecule has 3 aromatic rings. The molecule has 5 nitrogen and oxygen atoms in total. The highest BCUT2D eigenvalue weighted by Gasteiger charge is 2.40. The van der Waals surface area contributed by atoms with Gasteiger partial charge in [-0.05, 0) is 41.3 Å². The summed E-state index contributed by atoms with van der Waals surface area (Å²) in [6.45, 7) is 0.664. The molecule has 158 valence electrons. The van der Waals surface area contributed by atoms with Gasteiger partial charge in [0.05, 0.1) is 0 Å². The van der Waals surface area contributed by atoms with E-state index < -0.39 is 11.2 Å². The zero-order valence-electron chi connectivity index (χ0n) is 16.9. The normalized spacial score (nSPS) is 16.2. The SMILES string of the molecule is O=C(c1ccccc1)N1CCN(C(=O)c2ccccc2)C1CC([O-])(Cl)c1ccccc1. The number of carbonyl (C=O) groups is 2. The Kier molecular flexibility index (Phi) is 6.07. The highest BCUT2D eigenvalue weighted by Crippen LogP contribution is 2.33. The molecule has 0 spiro atoms. The van der Waals surface area contributed by atoms with E-state index in [0.29, 0.717) is 29.8 Å². The van der Waals surface area contributed by atoms with Crippen LogP contribution in [0.15, 0.2) is 91.0 Å². The van der Waals surface area contributed by atoms with Gasteiger partial charge in [0.25, 0.3) is 11.8 Å². The van der Waals surface area contributed by atoms with Gasteiger partial charge in [0.2, 0.25) is 0 Å². The van der Waals surface area contributed by atoms with Crippen LogP contribution in [-0.4, -0.2) is 40.9 Å². The van der Waals surface area contributed by atoms with Crippen molar-refractivity contribution in [2.75, 3.05) is 13.1 Å². The molecule has 1 aliphatic heterocycles. The minimum Gasteiger partial charge on any atom is -0.834 e. The summed E-state index contributed by atoms with van der Waals surface area (Å²) in [5.41, 5.74) is 1.42. The van der Waals surface area contributed by atoms with E-state index >= 15 is 0 Å². The Hall–Kier alpha value is -3.15. The molecule has 0 N–H and O–H groups in total. The number of benzene rings is 3. The molecule has 1 aliphatic rings. The van der Waals surface area contributed by atoms with Gasteiger partial charge in [-0.3, -0.25) is 9.59 Å². The maximum atomic E-state index is 13.4. The Morgan fingerprint density at radius 3 is 1.58 bits per heavy atom. The molecule has 6 heteroatoms. The second kappa shape index (κ2) is 8.92. The number of hydrogen-bond acceptors (Lipinski definition) is 3. The standard InChI is InChI=1S/C25H22ClN2O3/c26-25(31,21-14-8-3-9-15-21)18-22-27(23(29)19-10-4-1-5-11-19)16-17-28(22)24(30)20-12-6-2-7-13-20/h1-15,22H,16-18H2/q-1. The van der Waals surface area contributed by atoms with E-state index in [1.165, 1.54) is 0 Å². The highest BCUT2D eigenvalue weighted by atomic mass is 35.5. The van der Waals surface area contributed by atoms with Crippen molar-refractivity contribution in [1.29, 1.82) is 0 Å². The van der Waals surface area contributed by atoms with E-state index in [9.17, 15) is 14.7 Å². The summed E-state index contributed by atoms with van der Waals surface area (Å²) in [7, 11) is 0. The average molecular weight is 434 g/mol. The number of nitrogens with zero attached hydrogens (tertiary/aromatic N) is 2. The Bertz CT molecular complexity index is 983. The van der Waals surface area contributed by atoms with Gasteiger partial charge in [-0.1, -0.05) is 66.7 Å². The summed E-state index contributed by atoms with van der Waals surface area (Å²) in [6.07, 6.45) is -0.883. The molecule has 0 saturated carbocycles. The molecule has 4 rings (SSSR count). The summed E-state index contributed by atoms with van der Waals surface area (Å²) in [6, 6.07) is 26.4. The molecule has 1 saturated heterocycles. The molecule has 0 aliphatic carbocycles. The first-order valence-electron chi connectivity index (χ1n) is 10.1. The first-order valence-corrected chi connectivity index (χ1v) is 10.5. The molecule has 0 aromatic heterocycles. The van der Waals surface area contributed by atoms with Gasteiger partial charge in [-0.15, -0.1) is 11.6 Å². The van der Waals surface area contributed by atoms with Gasteiger partial charge in [0, 0.05) is 24.2 Å². The lowest BCUT2D eigenvalue weighted by molar-refractivity contribution is -0.455. The van der Waals surface area contributed by atoms with Crippen molar-refractivity contribution in [2.45, 2.75) is 17.6 Å². The second-order valence-corrected chi connectivity index (χ2v) is 8.12. The van der Waals surface area contributed by atoms with Gasteiger partial charge in [-0.2, -0.15) is 0 Å². The van der Waals surface area contributed by atoms with E-state index in [4.69, 9.17) is 11.6 Å². The predicted octanol–water partition coefficient (Wildman–Crippen LogP) is 3.45. The fraction of sp³-hybridized carbons (Fsp3) is 0.200. The van der Waals surface area contributed by atoms with Crippen LogP contribution >= 0.6 is 11.6 Å². The van der Waals surface area contributed by atoms with E-state index in [1.54, 1.807) is 82.6 Å². The quantitative estimate of drug-likeness (QED) is 0.579. The van der Waals surface area contributed by atoms with Crippen molar-refractivity contribution in [3.63, 3.8) is 0 Å². The summed E-state index contributed by atoms with van der Waals surface area (Å²) >= 11 is 6.44. The highest BCUT2D eigenvalue weighted by molar-refractivity contribution is 6.22. The van der Waals surface area contributed by atoms with E-state index in [0.717, 1.165) is 0 Å². The second-order valence-electron chi connectivity index (χ2n) is 7.51. The van der Waals surface area contributed by atoms with Crippen molar-refractivity contribution in [1.82, 2.24) is 9.80 Å². The summed E-state index contributed by atoms with van der Waals surface area (Å²) in [4.78, 5) is 29.6. The van der Waals surface area contributed by atoms with Crippen molar-refractivity contribution in [2.24, 2.45) is 0 Å². The lowest BCUT2D eigenvalue weighted by Gasteiger charge is -2.41. The van der Waals surface area contributed by atoms with Crippen LogP contribution in [0.3, 0.4) is 0 Å². The smallest absolute Gasteiger partial charge is 0.255 e. The number of hydrogen-bond donors (Lipinski definition) is 0. The van der Waals surface area contributed by atoms with Crippen LogP contribution in [-0.2, 0) is 5.06 Å². The van der Waals surface area contributed by atoms with Gasteiger partial charge in [-0.25, -0.2) is 0 Å². The Labute approximate surface area is 186 Å². The molecule has 0 bridgehead atoms. The maximum Gasteiger partial charge on any atom is 0.255 e. The Morgan fingerprint density at radius 2 is 1.16 bits per heavy atom. The van der Waals surface area contributed by atoms with Crippen LogP contribution in [0.2, 0.25) is 0 Å². The van der Waals surface area contributed by atoms with Gasteiger partial charge < -0.3 is 14.9 Å². The molecular weight excluding hydrogens is 412 g/mol. The fourth-order valence-corrected chi connectivity index (χ4v) is 4.17. The van der Waals surface area contributed by atoms with Gasteiger partial charge >= 0.3 is 0 Å². The minimum atomic E-state index is -1.99. The number of amides is 2. The van der Waals surface area contributed by atoms with Gasteiger partial charge in [0.1, 0.15) is 6.17 Å². The van der Waals surface area contributed by atoms with Crippen LogP contribution < -0.4 is 5.11 Å². The van der Waals surface area contributed by atoms with Gasteiger partial charge in [0.15, 0.2) is 0 Å². The molecule has 3 aromatic carbocycles. The van der Waals surface area contributed by atoms with Crippen LogP contribution in [0.5, 0.6) is 0 Å². The van der Waals surface area contributed by atoms with Crippen molar-refractivity contribution >= 4 is 23.4 Å². The molecule has 2 amide bonds. The van der Waals surface area contributed by atoms with Crippen LogP contribution in [0, 0.1) is 0 Å². The Morgan fingerprint density at radius 1 is 0.774 bits per heavy atom. The topological polar surface area (TPSA) is 63.7 Å². The van der Waals surface area contributed by atoms with Crippen molar-refractivity contribution < 1.29 is 14.7 Å². The first-order chi connectivity index (χ1) is 15.0. The Balaban J connectivity index is 1.67. The van der Waals surface area contributed by atoms with E-state index in [1.807, 2.05) is 18.2 Å². The number of halogens is 1. The molecule has 0 radical (unpaired) electrons. The first kappa shape index (κ1) is 21.1. The van der Waals surface area contributed by atoms with Crippen molar-refractivity contribution in [3.8, 4) is 0 Å². The number of alkyl halides is 1. The summed E-state index contributed by atoms with van der Waals surface area (Å²) in [5, 5.41) is 11.4. The lowest BCUT2D eigenvalue weighted by Crippen LogP contribution is -2.50. The average Bonchev–Trinajstić information content (AvgIpc) is 3.22. The third kappa shape index (κ3) is 4.48. The van der Waals surface area contributed by atoms with Crippen LogP contribution in [0.1, 0.15) is 32.7 Å². The molecule has 1 atom stereocenters. The third-order valence-electron chi connectivity index (χ3n) is 5.51. The van der Waals surface area contributed by atoms with Crippen molar-refractivity contribution in [3.05, 3.63) is 108 Å². The molecule has 1 unspecified atom stereocenters. The van der Waals surface area contributed by atoms with Crippen LogP contribution in [0.25, 0.3) is 0 Å². The fourth-order valence-electron chi connectivity index (χ4n) is 3.91. The summed E-state index contributed by atoms with van der Waals surface area (Å²) < 4.78 is 0. The maximum absolute atomic E-state index is 13.4. The third-order valence-corrected chi connectivity index (χ3v) is 5.89. The molecule has 31 heavy (non-hydrogen) atoms. The number of rotatable bonds is 5. The minimum absolute atomic E-state index is 0.129. The van der Waals surface area contributed by atoms with Crippen LogP contribution in [0.4, 0.5) is 0 Å². The monoisotopic (exact) mass is 433 g/mol.